The average molecular weight is 249 g/mol. The van der Waals surface area contributed by atoms with E-state index in [2.05, 4.69) is 10.1 Å². The van der Waals surface area contributed by atoms with E-state index in [1.54, 1.807) is 12.1 Å². The van der Waals surface area contributed by atoms with Crippen LogP contribution in [0.4, 0.5) is 0 Å². The highest BCUT2D eigenvalue weighted by Gasteiger charge is 2.41. The number of methoxy groups -OCH3 is 1. The van der Waals surface area contributed by atoms with Crippen LogP contribution in [0, 0.1) is 5.41 Å². The van der Waals surface area contributed by atoms with Crippen molar-refractivity contribution in [1.29, 1.82) is 0 Å². The number of ether oxygens (including phenoxy) is 1. The van der Waals surface area contributed by atoms with Crippen LogP contribution in [0.25, 0.3) is 0 Å². The van der Waals surface area contributed by atoms with Gasteiger partial charge in [0, 0.05) is 25.1 Å². The van der Waals surface area contributed by atoms with Crippen LogP contribution in [-0.4, -0.2) is 31.3 Å². The number of carbonyl (C=O) groups excluding carboxylic acids is 1. The van der Waals surface area contributed by atoms with E-state index in [0.717, 1.165) is 31.5 Å². The number of aliphatic hydroxyl groups excluding tert-OH is 1. The molecule has 1 aromatic rings. The Labute approximate surface area is 107 Å². The molecule has 1 saturated carbocycles. The van der Waals surface area contributed by atoms with Gasteiger partial charge >= 0.3 is 5.97 Å². The smallest absolute Gasteiger partial charge is 0.337 e. The third-order valence-corrected chi connectivity index (χ3v) is 3.50. The van der Waals surface area contributed by atoms with Crippen molar-refractivity contribution in [2.24, 2.45) is 5.41 Å². The van der Waals surface area contributed by atoms with Crippen molar-refractivity contribution in [3.05, 3.63) is 35.4 Å². The Bertz CT molecular complexity index is 410. The molecular formula is C14H19NO3. The summed E-state index contributed by atoms with van der Waals surface area (Å²) in [6.07, 6.45) is 2.22. The summed E-state index contributed by atoms with van der Waals surface area (Å²) >= 11 is 0. The Hall–Kier alpha value is -1.39. The van der Waals surface area contributed by atoms with Crippen molar-refractivity contribution in [3.63, 3.8) is 0 Å². The number of hydrogen-bond donors (Lipinski definition) is 2. The molecule has 98 valence electrons. The molecule has 0 aromatic heterocycles. The lowest BCUT2D eigenvalue weighted by molar-refractivity contribution is 0.0600. The number of esters is 1. The van der Waals surface area contributed by atoms with Gasteiger partial charge in [0.1, 0.15) is 0 Å². The molecule has 0 saturated heterocycles. The summed E-state index contributed by atoms with van der Waals surface area (Å²) in [6.45, 7) is 1.87. The summed E-state index contributed by atoms with van der Waals surface area (Å²) in [4.78, 5) is 11.3. The molecule has 0 atom stereocenters. The number of nitrogens with one attached hydrogen (secondary N) is 1. The lowest BCUT2D eigenvalue weighted by atomic mass is 10.1. The number of hydrogen-bond acceptors (Lipinski definition) is 4. The molecule has 1 aliphatic rings. The predicted molar refractivity (Wildman–Crippen MR) is 68.2 cm³/mol. The molecule has 0 radical (unpaired) electrons. The van der Waals surface area contributed by atoms with Crippen LogP contribution in [0.2, 0.25) is 0 Å². The van der Waals surface area contributed by atoms with Gasteiger partial charge in [0.05, 0.1) is 12.7 Å². The van der Waals surface area contributed by atoms with Gasteiger partial charge in [-0.2, -0.15) is 0 Å². The molecule has 0 bridgehead atoms. The first-order valence-corrected chi connectivity index (χ1v) is 6.18. The quantitative estimate of drug-likeness (QED) is 0.747. The van der Waals surface area contributed by atoms with Crippen LogP contribution in [0.3, 0.4) is 0 Å². The van der Waals surface area contributed by atoms with E-state index in [1.807, 2.05) is 12.1 Å². The molecule has 0 unspecified atom stereocenters. The van der Waals surface area contributed by atoms with Crippen LogP contribution in [0.15, 0.2) is 24.3 Å². The topological polar surface area (TPSA) is 58.6 Å². The van der Waals surface area contributed by atoms with Crippen LogP contribution in [0.1, 0.15) is 28.8 Å². The van der Waals surface area contributed by atoms with E-state index in [4.69, 9.17) is 0 Å². The third kappa shape index (κ3) is 3.09. The Morgan fingerprint density at radius 3 is 2.56 bits per heavy atom. The Morgan fingerprint density at radius 2 is 2.06 bits per heavy atom. The second-order valence-corrected chi connectivity index (χ2v) is 4.95. The molecule has 4 heteroatoms. The standard InChI is InChI=1S/C14H19NO3/c1-18-13(17)12-4-2-11(3-5-12)8-15-9-14(10-16)6-7-14/h2-5,15-16H,6-10H2,1H3. The van der Waals surface area contributed by atoms with Gasteiger partial charge in [-0.15, -0.1) is 0 Å². The van der Waals surface area contributed by atoms with E-state index >= 15 is 0 Å². The van der Waals surface area contributed by atoms with E-state index < -0.39 is 0 Å². The number of rotatable bonds is 6. The Kier molecular flexibility index (Phi) is 3.99. The molecule has 0 amide bonds. The summed E-state index contributed by atoms with van der Waals surface area (Å²) in [5.41, 5.74) is 1.82. The van der Waals surface area contributed by atoms with Crippen molar-refractivity contribution in [2.45, 2.75) is 19.4 Å². The van der Waals surface area contributed by atoms with E-state index in [9.17, 15) is 9.90 Å². The lowest BCUT2D eigenvalue weighted by Gasteiger charge is -2.12. The molecule has 0 spiro atoms. The van der Waals surface area contributed by atoms with E-state index in [1.165, 1.54) is 7.11 Å². The lowest BCUT2D eigenvalue weighted by Crippen LogP contribution is -2.26. The van der Waals surface area contributed by atoms with Gasteiger partial charge < -0.3 is 15.2 Å². The molecule has 1 aromatic carbocycles. The largest absolute Gasteiger partial charge is 0.465 e. The normalized spacial score (nSPS) is 16.3. The molecule has 2 rings (SSSR count). The SMILES string of the molecule is COC(=O)c1ccc(CNCC2(CO)CC2)cc1. The molecular weight excluding hydrogens is 230 g/mol. The van der Waals surface area contributed by atoms with E-state index in [-0.39, 0.29) is 18.0 Å². The summed E-state index contributed by atoms with van der Waals surface area (Å²) in [6, 6.07) is 7.36. The second kappa shape index (κ2) is 5.50. The van der Waals surface area contributed by atoms with Crippen LogP contribution in [-0.2, 0) is 11.3 Å². The zero-order valence-corrected chi connectivity index (χ0v) is 10.6. The Balaban J connectivity index is 1.81. The molecule has 0 heterocycles. The molecule has 2 N–H and O–H groups in total. The van der Waals surface area contributed by atoms with E-state index in [0.29, 0.717) is 5.56 Å². The van der Waals surface area contributed by atoms with Gasteiger partial charge in [0.2, 0.25) is 0 Å². The Morgan fingerprint density at radius 1 is 1.39 bits per heavy atom. The molecule has 1 fully saturated rings. The maximum Gasteiger partial charge on any atom is 0.337 e. The van der Waals surface area contributed by atoms with Crippen molar-refractivity contribution in [3.8, 4) is 0 Å². The summed E-state index contributed by atoms with van der Waals surface area (Å²) in [5.74, 6) is -0.313. The maximum atomic E-state index is 11.3. The van der Waals surface area contributed by atoms with Gasteiger partial charge in [0.25, 0.3) is 0 Å². The van der Waals surface area contributed by atoms with Gasteiger partial charge in [-0.1, -0.05) is 12.1 Å². The molecule has 4 nitrogen and oxygen atoms in total. The van der Waals surface area contributed by atoms with Crippen molar-refractivity contribution >= 4 is 5.97 Å². The van der Waals surface area contributed by atoms with Gasteiger partial charge in [-0.25, -0.2) is 4.79 Å². The first-order valence-electron chi connectivity index (χ1n) is 6.18. The summed E-state index contributed by atoms with van der Waals surface area (Å²) in [5, 5.41) is 12.5. The van der Waals surface area contributed by atoms with Crippen molar-refractivity contribution in [1.82, 2.24) is 5.32 Å². The fourth-order valence-electron chi connectivity index (χ4n) is 1.92. The van der Waals surface area contributed by atoms with Crippen molar-refractivity contribution < 1.29 is 14.6 Å². The maximum absolute atomic E-state index is 11.3. The van der Waals surface area contributed by atoms with Crippen molar-refractivity contribution in [2.75, 3.05) is 20.3 Å². The predicted octanol–water partition coefficient (Wildman–Crippen LogP) is 1.34. The molecule has 1 aliphatic carbocycles. The summed E-state index contributed by atoms with van der Waals surface area (Å²) < 4.78 is 4.64. The number of aliphatic hydroxyl groups is 1. The van der Waals surface area contributed by atoms with Crippen LogP contribution in [0.5, 0.6) is 0 Å². The second-order valence-electron chi connectivity index (χ2n) is 4.95. The number of benzene rings is 1. The van der Waals surface area contributed by atoms with Gasteiger partial charge in [-0.05, 0) is 30.5 Å². The highest BCUT2D eigenvalue weighted by atomic mass is 16.5. The molecule has 18 heavy (non-hydrogen) atoms. The van der Waals surface area contributed by atoms with Crippen LogP contribution >= 0.6 is 0 Å². The zero-order valence-electron chi connectivity index (χ0n) is 10.6. The highest BCUT2D eigenvalue weighted by molar-refractivity contribution is 5.89. The van der Waals surface area contributed by atoms with Gasteiger partial charge in [-0.3, -0.25) is 0 Å². The monoisotopic (exact) mass is 249 g/mol. The number of carbonyl (C=O) groups is 1. The summed E-state index contributed by atoms with van der Waals surface area (Å²) in [7, 11) is 1.38. The van der Waals surface area contributed by atoms with Crippen LogP contribution < -0.4 is 5.32 Å². The highest BCUT2D eigenvalue weighted by Crippen LogP contribution is 2.44. The third-order valence-electron chi connectivity index (χ3n) is 3.50. The minimum atomic E-state index is -0.313. The fraction of sp³-hybridized carbons (Fsp3) is 0.500. The molecule has 0 aliphatic heterocycles. The minimum Gasteiger partial charge on any atom is -0.465 e. The fourth-order valence-corrected chi connectivity index (χ4v) is 1.92. The zero-order chi connectivity index (χ0) is 13.0. The first kappa shape index (κ1) is 13.1. The van der Waals surface area contributed by atoms with Gasteiger partial charge in [0.15, 0.2) is 0 Å². The average Bonchev–Trinajstić information content (AvgIpc) is 3.19. The minimum absolute atomic E-state index is 0.131. The first-order chi connectivity index (χ1) is 8.69.